The zero-order chi connectivity index (χ0) is 21.8. The molecule has 1 fully saturated rings. The molecule has 2 heterocycles. The number of benzene rings is 1. The van der Waals surface area contributed by atoms with Crippen LogP contribution in [0.5, 0.6) is 5.75 Å². The second-order valence-corrected chi connectivity index (χ2v) is 7.54. The van der Waals surface area contributed by atoms with Crippen molar-refractivity contribution < 1.29 is 9.53 Å². The smallest absolute Gasteiger partial charge is 0.224 e. The van der Waals surface area contributed by atoms with E-state index in [-0.39, 0.29) is 17.9 Å². The lowest BCUT2D eigenvalue weighted by molar-refractivity contribution is 0.101. The van der Waals surface area contributed by atoms with Crippen molar-refractivity contribution in [2.75, 3.05) is 17.7 Å². The molecule has 1 saturated carbocycles. The number of hydrogen-bond acceptors (Lipinski definition) is 9. The fourth-order valence-corrected chi connectivity index (χ4v) is 3.71. The van der Waals surface area contributed by atoms with E-state index in [1.54, 1.807) is 25.6 Å². The molecule has 4 rings (SSSR count). The van der Waals surface area contributed by atoms with Gasteiger partial charge in [-0.1, -0.05) is 12.8 Å². The molecule has 0 amide bonds. The summed E-state index contributed by atoms with van der Waals surface area (Å²) in [5, 5.41) is 14.9. The van der Waals surface area contributed by atoms with Crippen LogP contribution in [-0.2, 0) is 0 Å². The molecule has 0 bridgehead atoms. The van der Waals surface area contributed by atoms with Crippen LogP contribution >= 0.6 is 0 Å². The molecule has 1 aliphatic rings. The maximum atomic E-state index is 12.2. The molecule has 0 unspecified atom stereocenters. The highest BCUT2D eigenvalue weighted by Crippen LogP contribution is 2.28. The van der Waals surface area contributed by atoms with E-state index in [1.807, 2.05) is 12.1 Å². The lowest BCUT2D eigenvalue weighted by Gasteiger charge is -2.29. The van der Waals surface area contributed by atoms with Gasteiger partial charge in [0.25, 0.3) is 0 Å². The minimum atomic E-state index is -0.133. The number of carbonyl (C=O) groups is 1. The Kier molecular flexibility index (Phi) is 6.08. The molecule has 0 aliphatic heterocycles. The number of nitrogens with one attached hydrogen (secondary N) is 2. The van der Waals surface area contributed by atoms with E-state index in [4.69, 9.17) is 10.5 Å². The number of nitrogens with zero attached hydrogens (tertiary/aromatic N) is 5. The summed E-state index contributed by atoms with van der Waals surface area (Å²) in [5.74, 6) is 1.34. The van der Waals surface area contributed by atoms with Gasteiger partial charge in [-0.3, -0.25) is 4.79 Å². The molecular formula is C21H26N8O2. The van der Waals surface area contributed by atoms with E-state index >= 15 is 0 Å². The molecule has 2 atom stereocenters. The summed E-state index contributed by atoms with van der Waals surface area (Å²) >= 11 is 0. The number of hydrogen-bond donors (Lipinski definition) is 3. The highest BCUT2D eigenvalue weighted by molar-refractivity contribution is 5.99. The summed E-state index contributed by atoms with van der Waals surface area (Å²) in [6.45, 7) is 1.49. The number of methoxy groups -OCH3 is 1. The van der Waals surface area contributed by atoms with Gasteiger partial charge in [0.1, 0.15) is 17.3 Å². The number of aromatic nitrogens is 5. The third kappa shape index (κ3) is 4.64. The van der Waals surface area contributed by atoms with Crippen LogP contribution in [-0.4, -0.2) is 49.9 Å². The Bertz CT molecular complexity index is 1050. The van der Waals surface area contributed by atoms with Crippen molar-refractivity contribution in [3.05, 3.63) is 42.4 Å². The molecule has 4 N–H and O–H groups in total. The maximum absolute atomic E-state index is 12.2. The van der Waals surface area contributed by atoms with Crippen LogP contribution in [0.3, 0.4) is 0 Å². The lowest BCUT2D eigenvalue weighted by atomic mass is 9.91. The van der Waals surface area contributed by atoms with Gasteiger partial charge < -0.3 is 21.1 Å². The van der Waals surface area contributed by atoms with Crippen LogP contribution in [0.2, 0.25) is 0 Å². The molecule has 31 heavy (non-hydrogen) atoms. The second kappa shape index (κ2) is 9.09. The predicted octanol–water partition coefficient (Wildman–Crippen LogP) is 2.69. The van der Waals surface area contributed by atoms with E-state index in [0.29, 0.717) is 34.5 Å². The third-order valence-corrected chi connectivity index (χ3v) is 5.38. The molecule has 1 aromatic carbocycles. The van der Waals surface area contributed by atoms with Crippen molar-refractivity contribution in [2.24, 2.45) is 5.73 Å². The van der Waals surface area contributed by atoms with Gasteiger partial charge in [0.05, 0.1) is 25.1 Å². The van der Waals surface area contributed by atoms with Crippen molar-refractivity contribution in [3.8, 4) is 11.4 Å². The molecule has 3 aromatic rings. The van der Waals surface area contributed by atoms with Crippen LogP contribution in [0, 0.1) is 0 Å². The van der Waals surface area contributed by atoms with E-state index in [2.05, 4.69) is 30.8 Å². The SMILES string of the molecule is COc1ccc(Nc2nc(N[C@@H]3CCCC[C@@H]3N)ncc2C(C)=O)cc1-n1nccn1. The minimum Gasteiger partial charge on any atom is -0.494 e. The zero-order valence-corrected chi connectivity index (χ0v) is 17.6. The fourth-order valence-electron chi connectivity index (χ4n) is 3.71. The van der Waals surface area contributed by atoms with Crippen molar-refractivity contribution in [3.63, 3.8) is 0 Å². The van der Waals surface area contributed by atoms with Gasteiger partial charge in [-0.25, -0.2) is 4.98 Å². The van der Waals surface area contributed by atoms with Crippen LogP contribution in [0.25, 0.3) is 5.69 Å². The molecule has 10 nitrogen and oxygen atoms in total. The maximum Gasteiger partial charge on any atom is 0.224 e. The number of carbonyl (C=O) groups excluding carboxylic acids is 1. The van der Waals surface area contributed by atoms with Gasteiger partial charge in [0.15, 0.2) is 5.78 Å². The first-order chi connectivity index (χ1) is 15.0. The summed E-state index contributed by atoms with van der Waals surface area (Å²) in [6, 6.07) is 5.64. The second-order valence-electron chi connectivity index (χ2n) is 7.54. The molecule has 162 valence electrons. The largest absolute Gasteiger partial charge is 0.494 e. The number of anilines is 3. The molecule has 0 saturated heterocycles. The Morgan fingerprint density at radius 2 is 2.00 bits per heavy atom. The van der Waals surface area contributed by atoms with Crippen LogP contribution < -0.4 is 21.1 Å². The first kappa shape index (κ1) is 20.7. The first-order valence-electron chi connectivity index (χ1n) is 10.3. The lowest BCUT2D eigenvalue weighted by Crippen LogP contribution is -2.43. The Morgan fingerprint density at radius 3 is 2.71 bits per heavy atom. The van der Waals surface area contributed by atoms with Gasteiger partial charge in [0, 0.05) is 24.0 Å². The Hall–Kier alpha value is -3.53. The summed E-state index contributed by atoms with van der Waals surface area (Å²) in [6.07, 6.45) is 8.93. The minimum absolute atomic E-state index is 0.0620. The highest BCUT2D eigenvalue weighted by atomic mass is 16.5. The predicted molar refractivity (Wildman–Crippen MR) is 117 cm³/mol. The van der Waals surface area contributed by atoms with Gasteiger partial charge in [0.2, 0.25) is 5.95 Å². The number of ether oxygens (including phenoxy) is 1. The number of rotatable bonds is 7. The van der Waals surface area contributed by atoms with Crippen LogP contribution in [0.15, 0.2) is 36.8 Å². The van der Waals surface area contributed by atoms with Gasteiger partial charge >= 0.3 is 0 Å². The first-order valence-corrected chi connectivity index (χ1v) is 10.3. The van der Waals surface area contributed by atoms with E-state index < -0.39 is 0 Å². The molecule has 0 spiro atoms. The molecule has 10 heteroatoms. The quantitative estimate of drug-likeness (QED) is 0.491. The highest BCUT2D eigenvalue weighted by Gasteiger charge is 2.23. The fraction of sp³-hybridized carbons (Fsp3) is 0.381. The number of ketones is 1. The van der Waals surface area contributed by atoms with Crippen molar-refractivity contribution in [1.29, 1.82) is 0 Å². The normalized spacial score (nSPS) is 18.4. The Balaban J connectivity index is 1.63. The summed E-state index contributed by atoms with van der Waals surface area (Å²) in [7, 11) is 1.58. The summed E-state index contributed by atoms with van der Waals surface area (Å²) < 4.78 is 5.42. The molecule has 2 aromatic heterocycles. The number of Topliss-reactive ketones (excluding diaryl/α,β-unsaturated/α-hetero) is 1. The van der Waals surface area contributed by atoms with E-state index in [1.165, 1.54) is 17.9 Å². The Labute approximate surface area is 180 Å². The zero-order valence-electron chi connectivity index (χ0n) is 17.6. The van der Waals surface area contributed by atoms with E-state index in [9.17, 15) is 4.79 Å². The van der Waals surface area contributed by atoms with Gasteiger partial charge in [-0.05, 0) is 38.0 Å². The molecular weight excluding hydrogens is 396 g/mol. The summed E-state index contributed by atoms with van der Waals surface area (Å²) in [4.78, 5) is 22.5. The third-order valence-electron chi connectivity index (χ3n) is 5.38. The van der Waals surface area contributed by atoms with Crippen LogP contribution in [0.1, 0.15) is 43.0 Å². The van der Waals surface area contributed by atoms with Gasteiger partial charge in [-0.15, -0.1) is 4.80 Å². The average molecular weight is 422 g/mol. The standard InChI is InChI=1S/C21H26N8O2/c1-13(30)15-12-23-21(27-17-6-4-3-5-16(17)22)28-20(15)26-14-7-8-19(31-2)18(11-14)29-24-9-10-25-29/h7-12,16-17H,3-6,22H2,1-2H3,(H2,23,26,27,28)/t16-,17+/m0/s1. The molecule has 0 radical (unpaired) electrons. The van der Waals surface area contributed by atoms with Crippen molar-refractivity contribution >= 4 is 23.2 Å². The summed E-state index contributed by atoms with van der Waals surface area (Å²) in [5.41, 5.74) is 8.00. The molecule has 1 aliphatic carbocycles. The average Bonchev–Trinajstić information content (AvgIpc) is 3.30. The number of nitrogens with two attached hydrogens (primary N) is 1. The van der Waals surface area contributed by atoms with Crippen molar-refractivity contribution in [1.82, 2.24) is 25.0 Å². The van der Waals surface area contributed by atoms with Gasteiger partial charge in [-0.2, -0.15) is 15.2 Å². The van der Waals surface area contributed by atoms with Crippen LogP contribution in [0.4, 0.5) is 17.5 Å². The van der Waals surface area contributed by atoms with E-state index in [0.717, 1.165) is 25.7 Å². The Morgan fingerprint density at radius 1 is 1.23 bits per heavy atom. The topological polar surface area (TPSA) is 133 Å². The van der Waals surface area contributed by atoms with Crippen molar-refractivity contribution in [2.45, 2.75) is 44.7 Å². The monoisotopic (exact) mass is 422 g/mol.